The van der Waals surface area contributed by atoms with Crippen molar-refractivity contribution in [1.29, 1.82) is 0 Å². The molecular formula is C14H18BrN3OS. The Morgan fingerprint density at radius 2 is 2.00 bits per heavy atom. The number of thioether (sulfide) groups is 1. The predicted molar refractivity (Wildman–Crippen MR) is 84.9 cm³/mol. The van der Waals surface area contributed by atoms with Crippen LogP contribution in [-0.2, 0) is 5.75 Å². The number of aromatic nitrogens is 2. The molecule has 0 radical (unpaired) electrons. The van der Waals surface area contributed by atoms with Gasteiger partial charge >= 0.3 is 0 Å². The number of likely N-dealkylation sites (N-methyl/N-ethyl adjacent to an activating group) is 1. The first-order valence-electron chi connectivity index (χ1n) is 6.48. The summed E-state index contributed by atoms with van der Waals surface area (Å²) in [6.45, 7) is 4.19. The van der Waals surface area contributed by atoms with E-state index in [4.69, 9.17) is 4.52 Å². The lowest BCUT2D eigenvalue weighted by atomic mass is 10.0. The van der Waals surface area contributed by atoms with Crippen molar-refractivity contribution in [3.8, 4) is 0 Å². The number of nitrogens with zero attached hydrogens (tertiary/aromatic N) is 2. The lowest BCUT2D eigenvalue weighted by molar-refractivity contribution is 0.334. The molecule has 1 N–H and O–H groups in total. The highest BCUT2D eigenvalue weighted by atomic mass is 79.9. The molecule has 0 fully saturated rings. The molecule has 4 nitrogen and oxygen atoms in total. The lowest BCUT2D eigenvalue weighted by Gasteiger charge is -2.14. The molecule has 2 atom stereocenters. The lowest BCUT2D eigenvalue weighted by Crippen LogP contribution is -2.27. The van der Waals surface area contributed by atoms with Gasteiger partial charge in [-0.1, -0.05) is 28.0 Å². The third kappa shape index (κ3) is 4.07. The van der Waals surface area contributed by atoms with Crippen LogP contribution >= 0.6 is 27.7 Å². The van der Waals surface area contributed by atoms with Crippen LogP contribution in [0.3, 0.4) is 0 Å². The average Bonchev–Trinajstić information content (AvgIpc) is 2.94. The zero-order valence-corrected chi connectivity index (χ0v) is 14.2. The largest absolute Gasteiger partial charge is 0.339 e. The highest BCUT2D eigenvalue weighted by molar-refractivity contribution is 9.10. The fourth-order valence-corrected chi connectivity index (χ4v) is 2.66. The normalized spacial score (nSPS) is 14.2. The standard InChI is InChI=1S/C14H18BrN3OS/c1-9(10(2)16-3)14-17-13(18-19-14)8-20-12-6-4-11(15)5-7-12/h4-7,9-10,16H,8H2,1-3H3. The molecule has 0 aliphatic heterocycles. The van der Waals surface area contributed by atoms with E-state index in [1.54, 1.807) is 11.8 Å². The summed E-state index contributed by atoms with van der Waals surface area (Å²) in [7, 11) is 1.93. The van der Waals surface area contributed by atoms with E-state index in [1.165, 1.54) is 4.90 Å². The number of nitrogens with one attached hydrogen (secondary N) is 1. The zero-order chi connectivity index (χ0) is 14.5. The van der Waals surface area contributed by atoms with Crippen LogP contribution in [0.2, 0.25) is 0 Å². The van der Waals surface area contributed by atoms with Crippen molar-refractivity contribution >= 4 is 27.7 Å². The van der Waals surface area contributed by atoms with Gasteiger partial charge in [0.1, 0.15) is 0 Å². The van der Waals surface area contributed by atoms with Gasteiger partial charge < -0.3 is 9.84 Å². The summed E-state index contributed by atoms with van der Waals surface area (Å²) < 4.78 is 6.42. The molecule has 1 heterocycles. The maximum atomic E-state index is 5.33. The van der Waals surface area contributed by atoms with E-state index < -0.39 is 0 Å². The van der Waals surface area contributed by atoms with Crippen LogP contribution in [0, 0.1) is 0 Å². The van der Waals surface area contributed by atoms with E-state index >= 15 is 0 Å². The van der Waals surface area contributed by atoms with Crippen molar-refractivity contribution in [2.24, 2.45) is 0 Å². The molecule has 0 bridgehead atoms. The van der Waals surface area contributed by atoms with Crippen molar-refractivity contribution in [3.05, 3.63) is 40.5 Å². The Morgan fingerprint density at radius 3 is 2.65 bits per heavy atom. The maximum Gasteiger partial charge on any atom is 0.231 e. The first-order valence-corrected chi connectivity index (χ1v) is 8.26. The highest BCUT2D eigenvalue weighted by Gasteiger charge is 2.19. The summed E-state index contributed by atoms with van der Waals surface area (Å²) in [6, 6.07) is 8.51. The molecule has 108 valence electrons. The minimum absolute atomic E-state index is 0.207. The Bertz CT molecular complexity index is 544. The minimum Gasteiger partial charge on any atom is -0.339 e. The molecule has 2 aromatic rings. The third-order valence-electron chi connectivity index (χ3n) is 3.26. The van der Waals surface area contributed by atoms with E-state index in [-0.39, 0.29) is 5.92 Å². The zero-order valence-electron chi connectivity index (χ0n) is 11.8. The van der Waals surface area contributed by atoms with Gasteiger partial charge in [-0.05, 0) is 38.2 Å². The van der Waals surface area contributed by atoms with Gasteiger partial charge in [-0.3, -0.25) is 0 Å². The van der Waals surface area contributed by atoms with Crippen LogP contribution in [0.4, 0.5) is 0 Å². The second-order valence-electron chi connectivity index (χ2n) is 4.66. The highest BCUT2D eigenvalue weighted by Crippen LogP contribution is 2.24. The Hall–Kier alpha value is -0.850. The van der Waals surface area contributed by atoms with E-state index in [2.05, 4.69) is 57.4 Å². The summed E-state index contributed by atoms with van der Waals surface area (Å²) in [5, 5.41) is 7.24. The maximum absolute atomic E-state index is 5.33. The van der Waals surface area contributed by atoms with Crippen LogP contribution in [0.25, 0.3) is 0 Å². The monoisotopic (exact) mass is 355 g/mol. The summed E-state index contributed by atoms with van der Waals surface area (Å²) >= 11 is 5.13. The minimum atomic E-state index is 0.207. The molecule has 0 saturated heterocycles. The number of rotatable bonds is 6. The van der Waals surface area contributed by atoms with Crippen molar-refractivity contribution < 1.29 is 4.52 Å². The van der Waals surface area contributed by atoms with Crippen molar-refractivity contribution in [1.82, 2.24) is 15.5 Å². The second-order valence-corrected chi connectivity index (χ2v) is 6.62. The van der Waals surface area contributed by atoms with Crippen LogP contribution in [-0.4, -0.2) is 23.2 Å². The van der Waals surface area contributed by atoms with Gasteiger partial charge in [-0.15, -0.1) is 11.8 Å². The van der Waals surface area contributed by atoms with Crippen molar-refractivity contribution in [3.63, 3.8) is 0 Å². The summed E-state index contributed by atoms with van der Waals surface area (Å²) in [5.74, 6) is 2.35. The van der Waals surface area contributed by atoms with Gasteiger partial charge in [0.05, 0.1) is 11.7 Å². The van der Waals surface area contributed by atoms with E-state index in [9.17, 15) is 0 Å². The molecule has 2 unspecified atom stereocenters. The fraction of sp³-hybridized carbons (Fsp3) is 0.429. The summed E-state index contributed by atoms with van der Waals surface area (Å²) in [5.41, 5.74) is 0. The first-order chi connectivity index (χ1) is 9.60. The Kier molecular flexibility index (Phi) is 5.63. The van der Waals surface area contributed by atoms with Crippen LogP contribution in [0.15, 0.2) is 38.2 Å². The Labute approximate surface area is 131 Å². The third-order valence-corrected chi connectivity index (χ3v) is 4.80. The molecule has 0 aliphatic carbocycles. The van der Waals surface area contributed by atoms with Gasteiger partial charge in [0.25, 0.3) is 0 Å². The smallest absolute Gasteiger partial charge is 0.231 e. The van der Waals surface area contributed by atoms with Gasteiger partial charge in [0.2, 0.25) is 5.89 Å². The molecule has 6 heteroatoms. The van der Waals surface area contributed by atoms with Crippen LogP contribution in [0.1, 0.15) is 31.5 Å². The Balaban J connectivity index is 1.94. The molecular weight excluding hydrogens is 338 g/mol. The molecule has 2 rings (SSSR count). The van der Waals surface area contributed by atoms with Gasteiger partial charge in [-0.25, -0.2) is 0 Å². The summed E-state index contributed by atoms with van der Waals surface area (Å²) in [4.78, 5) is 5.65. The molecule has 1 aromatic carbocycles. The molecule has 0 saturated carbocycles. The number of halogens is 1. The van der Waals surface area contributed by atoms with E-state index in [0.717, 1.165) is 10.3 Å². The van der Waals surface area contributed by atoms with E-state index in [1.807, 2.05) is 19.2 Å². The van der Waals surface area contributed by atoms with Crippen molar-refractivity contribution in [2.45, 2.75) is 36.5 Å². The second kappa shape index (κ2) is 7.24. The number of benzene rings is 1. The van der Waals surface area contributed by atoms with E-state index in [0.29, 0.717) is 17.7 Å². The molecule has 0 aliphatic rings. The topological polar surface area (TPSA) is 51.0 Å². The predicted octanol–water partition coefficient (Wildman–Crippen LogP) is 3.84. The van der Waals surface area contributed by atoms with Gasteiger partial charge in [0.15, 0.2) is 5.82 Å². The van der Waals surface area contributed by atoms with Gasteiger partial charge in [-0.2, -0.15) is 4.98 Å². The van der Waals surface area contributed by atoms with Crippen LogP contribution in [0.5, 0.6) is 0 Å². The SMILES string of the molecule is CNC(C)C(C)c1nc(CSc2ccc(Br)cc2)no1. The molecule has 20 heavy (non-hydrogen) atoms. The quantitative estimate of drug-likeness (QED) is 0.797. The average molecular weight is 356 g/mol. The van der Waals surface area contributed by atoms with Crippen molar-refractivity contribution in [2.75, 3.05) is 7.05 Å². The molecule has 0 spiro atoms. The molecule has 0 amide bonds. The Morgan fingerprint density at radius 1 is 1.30 bits per heavy atom. The fourth-order valence-electron chi connectivity index (χ4n) is 1.65. The molecule has 1 aromatic heterocycles. The van der Waals surface area contributed by atoms with Gasteiger partial charge in [0, 0.05) is 15.4 Å². The number of hydrogen-bond donors (Lipinski definition) is 1. The number of hydrogen-bond acceptors (Lipinski definition) is 5. The first kappa shape index (κ1) is 15.5. The van der Waals surface area contributed by atoms with Crippen LogP contribution < -0.4 is 5.32 Å². The summed E-state index contributed by atoms with van der Waals surface area (Å²) in [6.07, 6.45) is 0.